The average Bonchev–Trinajstić information content (AvgIpc) is 3.46. The lowest BCUT2D eigenvalue weighted by Gasteiger charge is -2.26. The van der Waals surface area contributed by atoms with Gasteiger partial charge in [-0.25, -0.2) is 13.2 Å². The zero-order valence-corrected chi connectivity index (χ0v) is 19.1. The van der Waals surface area contributed by atoms with Crippen LogP contribution in [0, 0.1) is 13.8 Å². The van der Waals surface area contributed by atoms with E-state index >= 15 is 0 Å². The highest BCUT2D eigenvalue weighted by atomic mass is 32.2. The third kappa shape index (κ3) is 4.63. The molecule has 0 amide bonds. The molecule has 2 aromatic heterocycles. The van der Waals surface area contributed by atoms with Crippen LogP contribution in [0.2, 0.25) is 0 Å². The SMILES string of the molecule is Cc1cc(C(=O)COC(=O)c2ccco2)c(C)n1-c1cccc(S(=O)(=O)N2CCOCC2)c1. The molecule has 0 aliphatic carbocycles. The Morgan fingerprint density at radius 3 is 2.52 bits per heavy atom. The van der Waals surface area contributed by atoms with Crippen molar-refractivity contribution >= 4 is 21.8 Å². The van der Waals surface area contributed by atoms with Gasteiger partial charge in [0.1, 0.15) is 0 Å². The second-order valence-corrected chi connectivity index (χ2v) is 9.55. The number of ether oxygens (including phenoxy) is 2. The van der Waals surface area contributed by atoms with Gasteiger partial charge in [0.05, 0.1) is 24.4 Å². The summed E-state index contributed by atoms with van der Waals surface area (Å²) in [5.41, 5.74) is 2.37. The van der Waals surface area contributed by atoms with E-state index in [9.17, 15) is 18.0 Å². The largest absolute Gasteiger partial charge is 0.457 e. The van der Waals surface area contributed by atoms with Gasteiger partial charge < -0.3 is 18.5 Å². The smallest absolute Gasteiger partial charge is 0.374 e. The van der Waals surface area contributed by atoms with Crippen LogP contribution in [-0.4, -0.2) is 62.0 Å². The van der Waals surface area contributed by atoms with E-state index in [1.165, 1.54) is 16.6 Å². The fourth-order valence-corrected chi connectivity index (χ4v) is 5.28. The van der Waals surface area contributed by atoms with Gasteiger partial charge in [0, 0.05) is 35.7 Å². The minimum absolute atomic E-state index is 0.0200. The molecule has 1 saturated heterocycles. The zero-order chi connectivity index (χ0) is 23.6. The summed E-state index contributed by atoms with van der Waals surface area (Å²) in [5.74, 6) is -1.07. The maximum absolute atomic E-state index is 13.1. The summed E-state index contributed by atoms with van der Waals surface area (Å²) in [4.78, 5) is 24.8. The van der Waals surface area contributed by atoms with E-state index in [-0.39, 0.29) is 16.4 Å². The van der Waals surface area contributed by atoms with E-state index in [1.807, 2.05) is 6.92 Å². The molecule has 10 heteroatoms. The van der Waals surface area contributed by atoms with Crippen molar-refractivity contribution in [3.8, 4) is 5.69 Å². The molecule has 3 aromatic rings. The third-order valence-electron chi connectivity index (χ3n) is 5.47. The van der Waals surface area contributed by atoms with Crippen molar-refractivity contribution in [2.45, 2.75) is 18.7 Å². The van der Waals surface area contributed by atoms with E-state index < -0.39 is 22.6 Å². The summed E-state index contributed by atoms with van der Waals surface area (Å²) >= 11 is 0. The van der Waals surface area contributed by atoms with E-state index in [0.29, 0.717) is 43.2 Å². The van der Waals surface area contributed by atoms with E-state index in [2.05, 4.69) is 0 Å². The Morgan fingerprint density at radius 1 is 1.06 bits per heavy atom. The van der Waals surface area contributed by atoms with Gasteiger partial charge in [-0.3, -0.25) is 4.79 Å². The van der Waals surface area contributed by atoms with Crippen molar-refractivity contribution in [3.05, 3.63) is 71.4 Å². The molecule has 0 unspecified atom stereocenters. The number of rotatable bonds is 7. The maximum atomic E-state index is 13.1. The quantitative estimate of drug-likeness (QED) is 0.384. The van der Waals surface area contributed by atoms with Gasteiger partial charge in [0.25, 0.3) is 0 Å². The van der Waals surface area contributed by atoms with E-state index in [4.69, 9.17) is 13.9 Å². The summed E-state index contributed by atoms with van der Waals surface area (Å²) in [7, 11) is -3.66. The number of aromatic nitrogens is 1. The summed E-state index contributed by atoms with van der Waals surface area (Å²) in [6.45, 7) is 4.50. The Bertz CT molecular complexity index is 1270. The summed E-state index contributed by atoms with van der Waals surface area (Å²) < 4.78 is 44.6. The molecule has 0 N–H and O–H groups in total. The highest BCUT2D eigenvalue weighted by molar-refractivity contribution is 7.89. The Kier molecular flexibility index (Phi) is 6.50. The van der Waals surface area contributed by atoms with Gasteiger partial charge in [0.15, 0.2) is 6.61 Å². The van der Waals surface area contributed by atoms with Gasteiger partial charge in [0.2, 0.25) is 21.6 Å². The van der Waals surface area contributed by atoms with Crippen LogP contribution in [0.4, 0.5) is 0 Å². The van der Waals surface area contributed by atoms with Crippen molar-refractivity contribution in [1.82, 2.24) is 8.87 Å². The van der Waals surface area contributed by atoms with Crippen LogP contribution in [-0.2, 0) is 19.5 Å². The van der Waals surface area contributed by atoms with Gasteiger partial charge >= 0.3 is 5.97 Å². The fourth-order valence-electron chi connectivity index (χ4n) is 3.84. The lowest BCUT2D eigenvalue weighted by atomic mass is 10.1. The number of sulfonamides is 1. The molecule has 3 heterocycles. The molecule has 33 heavy (non-hydrogen) atoms. The monoisotopic (exact) mass is 472 g/mol. The first-order valence-electron chi connectivity index (χ1n) is 10.4. The lowest BCUT2D eigenvalue weighted by molar-refractivity contribution is 0.0444. The molecule has 1 aromatic carbocycles. The molecule has 0 bridgehead atoms. The molecule has 1 aliphatic rings. The van der Waals surface area contributed by atoms with Crippen molar-refractivity contribution in [2.24, 2.45) is 0 Å². The van der Waals surface area contributed by atoms with E-state index in [0.717, 1.165) is 5.69 Å². The predicted molar refractivity (Wildman–Crippen MR) is 118 cm³/mol. The Balaban J connectivity index is 1.57. The Morgan fingerprint density at radius 2 is 1.82 bits per heavy atom. The molecule has 1 aliphatic heterocycles. The number of carbonyl (C=O) groups excluding carboxylic acids is 2. The molecule has 174 valence electrons. The molecule has 9 nitrogen and oxygen atoms in total. The third-order valence-corrected chi connectivity index (χ3v) is 7.37. The molecule has 1 fully saturated rings. The molecule has 0 spiro atoms. The first kappa shape index (κ1) is 23.0. The first-order chi connectivity index (χ1) is 15.8. The number of aryl methyl sites for hydroxylation is 1. The predicted octanol–water partition coefficient (Wildman–Crippen LogP) is 2.75. The van der Waals surface area contributed by atoms with Crippen molar-refractivity contribution in [1.29, 1.82) is 0 Å². The molecule has 0 atom stereocenters. The van der Waals surface area contributed by atoms with Crippen LogP contribution < -0.4 is 0 Å². The minimum Gasteiger partial charge on any atom is -0.457 e. The molecular formula is C23H24N2O7S. The van der Waals surface area contributed by atoms with Gasteiger partial charge in [-0.1, -0.05) is 6.07 Å². The molecular weight excluding hydrogens is 448 g/mol. The van der Waals surface area contributed by atoms with Crippen molar-refractivity contribution < 1.29 is 31.9 Å². The molecule has 4 rings (SSSR count). The van der Waals surface area contributed by atoms with Crippen LogP contribution in [0.15, 0.2) is 58.0 Å². The summed E-state index contributed by atoms with van der Waals surface area (Å²) in [6.07, 6.45) is 1.35. The number of hydrogen-bond donors (Lipinski definition) is 0. The number of nitrogens with zero attached hydrogens (tertiary/aromatic N) is 2. The highest BCUT2D eigenvalue weighted by Crippen LogP contribution is 2.25. The van der Waals surface area contributed by atoms with Crippen LogP contribution >= 0.6 is 0 Å². The van der Waals surface area contributed by atoms with Crippen molar-refractivity contribution in [3.63, 3.8) is 0 Å². The standard InChI is InChI=1S/C23H24N2O7S/c1-16-13-20(21(26)15-32-23(27)22-7-4-10-31-22)17(2)25(16)18-5-3-6-19(14-18)33(28,29)24-8-11-30-12-9-24/h3-7,10,13-14H,8-9,11-12,15H2,1-2H3. The molecule has 0 saturated carbocycles. The minimum atomic E-state index is -3.66. The van der Waals surface area contributed by atoms with Crippen LogP contribution in [0.3, 0.4) is 0 Å². The Hall–Kier alpha value is -3.21. The number of morpholine rings is 1. The first-order valence-corrected chi connectivity index (χ1v) is 11.8. The number of carbonyl (C=O) groups is 2. The fraction of sp³-hybridized carbons (Fsp3) is 0.304. The number of Topliss-reactive ketones (excluding diaryl/α,β-unsaturated/α-hetero) is 1. The molecule has 0 radical (unpaired) electrons. The van der Waals surface area contributed by atoms with Crippen LogP contribution in [0.25, 0.3) is 5.69 Å². The van der Waals surface area contributed by atoms with Crippen molar-refractivity contribution in [2.75, 3.05) is 32.9 Å². The van der Waals surface area contributed by atoms with E-state index in [1.54, 1.807) is 47.9 Å². The zero-order valence-electron chi connectivity index (χ0n) is 18.3. The Labute approximate surface area is 191 Å². The summed E-state index contributed by atoms with van der Waals surface area (Å²) in [5, 5.41) is 0. The lowest BCUT2D eigenvalue weighted by Crippen LogP contribution is -2.40. The number of esters is 1. The van der Waals surface area contributed by atoms with Gasteiger partial charge in [-0.05, 0) is 50.2 Å². The van der Waals surface area contributed by atoms with Gasteiger partial charge in [-0.15, -0.1) is 0 Å². The second kappa shape index (κ2) is 9.34. The number of ketones is 1. The summed E-state index contributed by atoms with van der Waals surface area (Å²) in [6, 6.07) is 11.3. The van der Waals surface area contributed by atoms with Crippen LogP contribution in [0.5, 0.6) is 0 Å². The maximum Gasteiger partial charge on any atom is 0.374 e. The number of furan rings is 1. The van der Waals surface area contributed by atoms with Gasteiger partial charge in [-0.2, -0.15) is 4.31 Å². The topological polar surface area (TPSA) is 108 Å². The highest BCUT2D eigenvalue weighted by Gasteiger charge is 2.27. The number of hydrogen-bond acceptors (Lipinski definition) is 7. The van der Waals surface area contributed by atoms with Crippen LogP contribution in [0.1, 0.15) is 32.3 Å². The number of benzene rings is 1. The normalized spacial score (nSPS) is 14.8. The second-order valence-electron chi connectivity index (χ2n) is 7.61. The average molecular weight is 473 g/mol.